The molecule has 0 radical (unpaired) electrons. The summed E-state index contributed by atoms with van der Waals surface area (Å²) in [4.78, 5) is 2.50. The zero-order valence-corrected chi connectivity index (χ0v) is 18.9. The summed E-state index contributed by atoms with van der Waals surface area (Å²) in [5.74, 6) is 0.802. The van der Waals surface area contributed by atoms with Crippen molar-refractivity contribution in [1.29, 1.82) is 5.41 Å². The van der Waals surface area contributed by atoms with Gasteiger partial charge in [0.2, 0.25) is 5.62 Å². The lowest BCUT2D eigenvalue weighted by Gasteiger charge is -2.26. The number of likely N-dealkylation sites (tertiary alicyclic amines) is 1. The first-order valence-electron chi connectivity index (χ1n) is 11.0. The normalized spacial score (nSPS) is 15.5. The molecule has 3 aromatic rings. The number of rotatable bonds is 8. The van der Waals surface area contributed by atoms with Crippen molar-refractivity contribution < 1.29 is 22.3 Å². The number of piperidine rings is 1. The summed E-state index contributed by atoms with van der Waals surface area (Å²) < 4.78 is 9.49. The first-order chi connectivity index (χ1) is 14.7. The molecule has 0 saturated carbocycles. The third kappa shape index (κ3) is 5.32. The third-order valence-corrected chi connectivity index (χ3v) is 5.99. The Balaban J connectivity index is 0.00000272. The average Bonchev–Trinajstić information content (AvgIpc) is 3.04. The van der Waals surface area contributed by atoms with Gasteiger partial charge in [0, 0.05) is 13.1 Å². The van der Waals surface area contributed by atoms with Gasteiger partial charge in [-0.05, 0) is 62.7 Å². The third-order valence-electron chi connectivity index (χ3n) is 5.99. The standard InChI is InChI=1S/C24H32N4O2.ClH/c1-2-30-20-12-10-19(11-13-20)23(29)18-28-22-9-5-4-8-21(22)27(24(28)25)17-16-26-14-6-3-7-15-26;/h4-5,8-13,23,25,29H,2-3,6-7,14-18H2,1H3;1H/p-1. The predicted octanol–water partition coefficient (Wildman–Crippen LogP) is 0.544. The van der Waals surface area contributed by atoms with Crippen LogP contribution in [-0.4, -0.2) is 45.4 Å². The Hall–Kier alpha value is -2.28. The number of nitrogens with one attached hydrogen (secondary N) is 1. The number of imidazole rings is 1. The van der Waals surface area contributed by atoms with E-state index in [1.807, 2.05) is 54.0 Å². The number of benzene rings is 2. The highest BCUT2D eigenvalue weighted by Crippen LogP contribution is 2.21. The zero-order valence-electron chi connectivity index (χ0n) is 18.1. The van der Waals surface area contributed by atoms with Gasteiger partial charge in [-0.2, -0.15) is 0 Å². The Bertz CT molecular complexity index is 1020. The number of aliphatic hydroxyl groups excluding tert-OH is 1. The van der Waals surface area contributed by atoms with Crippen molar-refractivity contribution in [3.8, 4) is 5.75 Å². The van der Waals surface area contributed by atoms with Crippen LogP contribution in [0.5, 0.6) is 5.75 Å². The lowest BCUT2D eigenvalue weighted by molar-refractivity contribution is -0.00000879. The fourth-order valence-electron chi connectivity index (χ4n) is 4.36. The second-order valence-electron chi connectivity index (χ2n) is 7.99. The van der Waals surface area contributed by atoms with E-state index in [2.05, 4.69) is 15.5 Å². The minimum atomic E-state index is -0.684. The summed E-state index contributed by atoms with van der Waals surface area (Å²) in [6.07, 6.45) is 3.19. The van der Waals surface area contributed by atoms with E-state index >= 15 is 0 Å². The quantitative estimate of drug-likeness (QED) is 0.534. The van der Waals surface area contributed by atoms with Gasteiger partial charge in [0.05, 0.1) is 30.3 Å². The maximum atomic E-state index is 10.9. The van der Waals surface area contributed by atoms with Crippen molar-refractivity contribution in [3.05, 3.63) is 59.7 Å². The van der Waals surface area contributed by atoms with Crippen LogP contribution in [0.1, 0.15) is 37.9 Å². The smallest absolute Gasteiger partial charge is 0.203 e. The Labute approximate surface area is 190 Å². The molecule has 2 aromatic carbocycles. The van der Waals surface area contributed by atoms with Crippen molar-refractivity contribution in [2.45, 2.75) is 45.4 Å². The van der Waals surface area contributed by atoms with Gasteiger partial charge in [-0.3, -0.25) is 5.41 Å². The molecule has 7 heteroatoms. The van der Waals surface area contributed by atoms with E-state index in [1.165, 1.54) is 19.3 Å². The molecule has 31 heavy (non-hydrogen) atoms. The van der Waals surface area contributed by atoms with Crippen LogP contribution in [0, 0.1) is 5.41 Å². The van der Waals surface area contributed by atoms with Crippen molar-refractivity contribution in [2.75, 3.05) is 26.2 Å². The Morgan fingerprint density at radius 1 is 0.935 bits per heavy atom. The van der Waals surface area contributed by atoms with Gasteiger partial charge in [-0.15, -0.1) is 0 Å². The molecule has 1 aliphatic rings. The average molecular weight is 444 g/mol. The van der Waals surface area contributed by atoms with E-state index in [-0.39, 0.29) is 12.4 Å². The summed E-state index contributed by atoms with van der Waals surface area (Å²) >= 11 is 0. The summed E-state index contributed by atoms with van der Waals surface area (Å²) in [6.45, 7) is 7.00. The number of hydrogen-bond donors (Lipinski definition) is 2. The number of ether oxygens (including phenoxy) is 1. The van der Waals surface area contributed by atoms with E-state index in [0.717, 1.165) is 48.5 Å². The van der Waals surface area contributed by atoms with Crippen molar-refractivity contribution in [3.63, 3.8) is 0 Å². The molecule has 1 atom stereocenters. The highest BCUT2D eigenvalue weighted by molar-refractivity contribution is 5.75. The van der Waals surface area contributed by atoms with Crippen LogP contribution in [-0.2, 0) is 13.1 Å². The van der Waals surface area contributed by atoms with Crippen LogP contribution < -0.4 is 22.8 Å². The molecule has 4 rings (SSSR count). The van der Waals surface area contributed by atoms with E-state index in [9.17, 15) is 5.11 Å². The van der Waals surface area contributed by atoms with Crippen molar-refractivity contribution in [1.82, 2.24) is 14.0 Å². The molecule has 2 heterocycles. The lowest BCUT2D eigenvalue weighted by Crippen LogP contribution is -3.00. The summed E-state index contributed by atoms with van der Waals surface area (Å²) in [5.41, 5.74) is 3.32. The van der Waals surface area contributed by atoms with Crippen LogP contribution in [0.3, 0.4) is 0 Å². The summed E-state index contributed by atoms with van der Waals surface area (Å²) in [5, 5.41) is 19.7. The SMILES string of the molecule is CCOc1ccc(C(O)Cn2c(=N)n(CCN3CCCCC3)c3ccccc32)cc1.[Cl-]. The number of fused-ring (bicyclic) bond motifs is 1. The molecule has 0 bridgehead atoms. The molecule has 1 saturated heterocycles. The molecule has 0 aliphatic carbocycles. The Morgan fingerprint density at radius 2 is 1.58 bits per heavy atom. The number of aliphatic hydroxyl groups is 1. The largest absolute Gasteiger partial charge is 1.00 e. The molecule has 1 fully saturated rings. The van der Waals surface area contributed by atoms with Crippen LogP contribution in [0.2, 0.25) is 0 Å². The van der Waals surface area contributed by atoms with Crippen LogP contribution in [0.15, 0.2) is 48.5 Å². The maximum Gasteiger partial charge on any atom is 0.203 e. The summed E-state index contributed by atoms with van der Waals surface area (Å²) in [6, 6.07) is 15.7. The van der Waals surface area contributed by atoms with E-state index < -0.39 is 6.10 Å². The molecule has 6 nitrogen and oxygen atoms in total. The van der Waals surface area contributed by atoms with Crippen LogP contribution in [0.4, 0.5) is 0 Å². The van der Waals surface area contributed by atoms with Gasteiger partial charge in [0.1, 0.15) is 5.75 Å². The summed E-state index contributed by atoms with van der Waals surface area (Å²) in [7, 11) is 0. The van der Waals surface area contributed by atoms with E-state index in [1.54, 1.807) is 0 Å². The first kappa shape index (κ1) is 23.4. The van der Waals surface area contributed by atoms with Gasteiger partial charge in [0.25, 0.3) is 0 Å². The minimum absolute atomic E-state index is 0. The van der Waals surface area contributed by atoms with Gasteiger partial charge >= 0.3 is 0 Å². The maximum absolute atomic E-state index is 10.9. The number of nitrogens with zero attached hydrogens (tertiary/aromatic N) is 3. The Morgan fingerprint density at radius 3 is 2.23 bits per heavy atom. The molecule has 1 aliphatic heterocycles. The van der Waals surface area contributed by atoms with Crippen molar-refractivity contribution in [2.24, 2.45) is 0 Å². The predicted molar refractivity (Wildman–Crippen MR) is 119 cm³/mol. The molecule has 1 aromatic heterocycles. The first-order valence-corrected chi connectivity index (χ1v) is 11.0. The highest BCUT2D eigenvalue weighted by Gasteiger charge is 2.16. The minimum Gasteiger partial charge on any atom is -1.00 e. The fraction of sp³-hybridized carbons (Fsp3) is 0.458. The van der Waals surface area contributed by atoms with Crippen molar-refractivity contribution >= 4 is 11.0 Å². The number of hydrogen-bond acceptors (Lipinski definition) is 4. The molecule has 0 spiro atoms. The second kappa shape index (κ2) is 10.8. The van der Waals surface area contributed by atoms with E-state index in [4.69, 9.17) is 10.1 Å². The topological polar surface area (TPSA) is 66.4 Å². The van der Waals surface area contributed by atoms with Gasteiger partial charge in [-0.1, -0.05) is 30.7 Å². The molecular weight excluding hydrogens is 412 g/mol. The van der Waals surface area contributed by atoms with E-state index in [0.29, 0.717) is 18.8 Å². The molecule has 2 N–H and O–H groups in total. The molecule has 168 valence electrons. The monoisotopic (exact) mass is 443 g/mol. The van der Waals surface area contributed by atoms with Gasteiger partial charge < -0.3 is 36.3 Å². The number of aromatic nitrogens is 2. The number of para-hydroxylation sites is 2. The fourth-order valence-corrected chi connectivity index (χ4v) is 4.36. The van der Waals surface area contributed by atoms with Crippen LogP contribution in [0.25, 0.3) is 11.0 Å². The Kier molecular flexibility index (Phi) is 8.18. The molecule has 1 unspecified atom stereocenters. The van der Waals surface area contributed by atoms with Crippen LogP contribution >= 0.6 is 0 Å². The molecule has 0 amide bonds. The molecular formula is C24H32ClN4O2-. The second-order valence-corrected chi connectivity index (χ2v) is 7.99. The van der Waals surface area contributed by atoms with Gasteiger partial charge in [-0.25, -0.2) is 0 Å². The zero-order chi connectivity index (χ0) is 20.9. The lowest BCUT2D eigenvalue weighted by atomic mass is 10.1. The number of halogens is 1. The highest BCUT2D eigenvalue weighted by atomic mass is 35.5. The van der Waals surface area contributed by atoms with Gasteiger partial charge in [0.15, 0.2) is 0 Å².